The van der Waals surface area contributed by atoms with E-state index in [4.69, 9.17) is 9.26 Å². The third-order valence-electron chi connectivity index (χ3n) is 4.02. The number of carbonyl (C=O) groups excluding carboxylic acids is 1. The zero-order chi connectivity index (χ0) is 19.2. The molecular formula is C18H20N4O4S. The Morgan fingerprint density at radius 1 is 1.37 bits per heavy atom. The second-order valence-electron chi connectivity index (χ2n) is 5.81. The smallest absolute Gasteiger partial charge is 0.259 e. The molecule has 1 N–H and O–H groups in total. The molecule has 0 radical (unpaired) electrons. The first-order chi connectivity index (χ1) is 13.1. The van der Waals surface area contributed by atoms with Crippen molar-refractivity contribution in [3.05, 3.63) is 45.5 Å². The lowest BCUT2D eigenvalue weighted by Crippen LogP contribution is -2.38. The molecule has 0 saturated heterocycles. The summed E-state index contributed by atoms with van der Waals surface area (Å²) in [4.78, 5) is 29.1. The lowest BCUT2D eigenvalue weighted by Gasteiger charge is -2.18. The van der Waals surface area contributed by atoms with Crippen molar-refractivity contribution >= 4 is 17.2 Å². The summed E-state index contributed by atoms with van der Waals surface area (Å²) in [6.07, 6.45) is 2.05. The summed E-state index contributed by atoms with van der Waals surface area (Å²) >= 11 is 1.54. The quantitative estimate of drug-likeness (QED) is 0.595. The predicted molar refractivity (Wildman–Crippen MR) is 102 cm³/mol. The highest BCUT2D eigenvalue weighted by molar-refractivity contribution is 7.08. The normalized spacial score (nSPS) is 12.1. The van der Waals surface area contributed by atoms with E-state index in [0.29, 0.717) is 36.9 Å². The van der Waals surface area contributed by atoms with E-state index < -0.39 is 6.04 Å². The third-order valence-corrected chi connectivity index (χ3v) is 4.70. The number of rotatable bonds is 8. The molecule has 3 aromatic rings. The van der Waals surface area contributed by atoms with Crippen LogP contribution in [-0.2, 0) is 9.53 Å². The van der Waals surface area contributed by atoms with E-state index >= 15 is 0 Å². The molecular weight excluding hydrogens is 368 g/mol. The topological polar surface area (TPSA) is 99.2 Å². The van der Waals surface area contributed by atoms with Crippen LogP contribution in [0.4, 0.5) is 0 Å². The molecule has 27 heavy (non-hydrogen) atoms. The maximum atomic E-state index is 12.4. The van der Waals surface area contributed by atoms with Gasteiger partial charge in [0.2, 0.25) is 11.7 Å². The molecule has 0 unspecified atom stereocenters. The van der Waals surface area contributed by atoms with E-state index in [9.17, 15) is 9.59 Å². The van der Waals surface area contributed by atoms with Crippen LogP contribution in [0.5, 0.6) is 0 Å². The van der Waals surface area contributed by atoms with Crippen LogP contribution in [0.2, 0.25) is 0 Å². The highest BCUT2D eigenvalue weighted by Gasteiger charge is 2.20. The van der Waals surface area contributed by atoms with Crippen molar-refractivity contribution < 1.29 is 14.1 Å². The fourth-order valence-electron chi connectivity index (χ4n) is 2.63. The number of aromatic nitrogens is 3. The predicted octanol–water partition coefficient (Wildman–Crippen LogP) is 2.34. The van der Waals surface area contributed by atoms with E-state index in [-0.39, 0.29) is 11.5 Å². The number of nitrogens with one attached hydrogen (secondary N) is 1. The number of carbonyl (C=O) groups is 1. The molecule has 3 heterocycles. The van der Waals surface area contributed by atoms with Crippen molar-refractivity contribution in [1.82, 2.24) is 20.0 Å². The van der Waals surface area contributed by atoms with E-state index in [1.54, 1.807) is 30.7 Å². The van der Waals surface area contributed by atoms with Gasteiger partial charge in [0.15, 0.2) is 0 Å². The average molecular weight is 388 g/mol. The minimum Gasteiger partial charge on any atom is -0.383 e. The summed E-state index contributed by atoms with van der Waals surface area (Å²) in [6, 6.07) is 4.28. The van der Waals surface area contributed by atoms with Crippen molar-refractivity contribution in [3.63, 3.8) is 0 Å². The minimum absolute atomic E-state index is 0.238. The Balaban J connectivity index is 1.87. The van der Waals surface area contributed by atoms with Gasteiger partial charge < -0.3 is 19.1 Å². The molecule has 0 fully saturated rings. The fraction of sp³-hybridized carbons (Fsp3) is 0.333. The average Bonchev–Trinajstić information content (AvgIpc) is 3.35. The maximum absolute atomic E-state index is 12.4. The molecule has 0 aliphatic heterocycles. The number of amides is 1. The standard InChI is InChI=1S/C18H20N4O4S/c1-3-14(17(24)19-7-8-25-2)22-10-12(4-5-15(22)23)18-20-16(21-26-18)13-6-9-27-11-13/h4-6,9-11,14H,3,7-8H2,1-2H3,(H,19,24)/t14-/m0/s1. The van der Waals surface area contributed by atoms with Crippen LogP contribution in [0, 0.1) is 0 Å². The van der Waals surface area contributed by atoms with Crippen molar-refractivity contribution in [2.24, 2.45) is 0 Å². The van der Waals surface area contributed by atoms with Crippen LogP contribution in [0.25, 0.3) is 22.8 Å². The van der Waals surface area contributed by atoms with Gasteiger partial charge in [-0.1, -0.05) is 12.1 Å². The van der Waals surface area contributed by atoms with Crippen LogP contribution >= 0.6 is 11.3 Å². The summed E-state index contributed by atoms with van der Waals surface area (Å²) < 4.78 is 11.7. The second-order valence-corrected chi connectivity index (χ2v) is 6.59. The minimum atomic E-state index is -0.631. The Hall–Kier alpha value is -2.78. The number of hydrogen-bond donors (Lipinski definition) is 1. The molecule has 3 rings (SSSR count). The first-order valence-electron chi connectivity index (χ1n) is 8.49. The van der Waals surface area contributed by atoms with E-state index in [1.807, 2.05) is 23.8 Å². The van der Waals surface area contributed by atoms with Gasteiger partial charge in [-0.2, -0.15) is 16.3 Å². The van der Waals surface area contributed by atoms with E-state index in [1.165, 1.54) is 10.6 Å². The first kappa shape index (κ1) is 19.0. The zero-order valence-corrected chi connectivity index (χ0v) is 15.9. The maximum Gasteiger partial charge on any atom is 0.259 e. The second kappa shape index (κ2) is 8.74. The number of thiophene rings is 1. The van der Waals surface area contributed by atoms with Gasteiger partial charge in [-0.15, -0.1) is 0 Å². The van der Waals surface area contributed by atoms with Crippen molar-refractivity contribution in [3.8, 4) is 22.8 Å². The van der Waals surface area contributed by atoms with Crippen molar-refractivity contribution in [1.29, 1.82) is 0 Å². The number of pyridine rings is 1. The summed E-state index contributed by atoms with van der Waals surface area (Å²) in [5.41, 5.74) is 1.17. The van der Waals surface area contributed by atoms with Gasteiger partial charge in [0.05, 0.1) is 12.2 Å². The summed E-state index contributed by atoms with van der Waals surface area (Å²) in [5.74, 6) is 0.534. The molecule has 0 bridgehead atoms. The number of ether oxygens (including phenoxy) is 1. The fourth-order valence-corrected chi connectivity index (χ4v) is 3.26. The highest BCUT2D eigenvalue weighted by Crippen LogP contribution is 2.23. The highest BCUT2D eigenvalue weighted by atomic mass is 32.1. The Morgan fingerprint density at radius 2 is 2.22 bits per heavy atom. The molecule has 0 spiro atoms. The molecule has 9 heteroatoms. The van der Waals surface area contributed by atoms with Crippen LogP contribution < -0.4 is 10.9 Å². The molecule has 1 atom stereocenters. The van der Waals surface area contributed by atoms with Gasteiger partial charge in [0.25, 0.3) is 11.4 Å². The number of hydrogen-bond acceptors (Lipinski definition) is 7. The summed E-state index contributed by atoms with van der Waals surface area (Å²) in [5, 5.41) is 10.6. The zero-order valence-electron chi connectivity index (χ0n) is 15.0. The van der Waals surface area contributed by atoms with E-state index in [0.717, 1.165) is 5.56 Å². The molecule has 0 aromatic carbocycles. The van der Waals surface area contributed by atoms with Gasteiger partial charge >= 0.3 is 0 Å². The monoisotopic (exact) mass is 388 g/mol. The van der Waals surface area contributed by atoms with Gasteiger partial charge in [-0.3, -0.25) is 9.59 Å². The molecule has 1 amide bonds. The molecule has 0 saturated carbocycles. The van der Waals surface area contributed by atoms with Gasteiger partial charge in [0, 0.05) is 36.9 Å². The van der Waals surface area contributed by atoms with Crippen LogP contribution in [0.1, 0.15) is 19.4 Å². The number of nitrogens with zero attached hydrogens (tertiary/aromatic N) is 3. The lowest BCUT2D eigenvalue weighted by atomic mass is 10.2. The van der Waals surface area contributed by atoms with E-state index in [2.05, 4.69) is 15.5 Å². The molecule has 3 aromatic heterocycles. The summed E-state index contributed by atoms with van der Waals surface area (Å²) in [6.45, 7) is 2.64. The number of methoxy groups -OCH3 is 1. The van der Waals surface area contributed by atoms with Crippen molar-refractivity contribution in [2.45, 2.75) is 19.4 Å². The van der Waals surface area contributed by atoms with Gasteiger partial charge in [0.1, 0.15) is 6.04 Å². The van der Waals surface area contributed by atoms with Gasteiger partial charge in [-0.05, 0) is 23.9 Å². The lowest BCUT2D eigenvalue weighted by molar-refractivity contribution is -0.124. The SMILES string of the molecule is CC[C@@H](C(=O)NCCOC)n1cc(-c2nc(-c3ccsc3)no2)ccc1=O. The molecule has 0 aliphatic carbocycles. The Bertz CT molecular complexity index is 948. The first-order valence-corrected chi connectivity index (χ1v) is 9.43. The van der Waals surface area contributed by atoms with Crippen molar-refractivity contribution in [2.75, 3.05) is 20.3 Å². The van der Waals surface area contributed by atoms with Gasteiger partial charge in [-0.25, -0.2) is 0 Å². The summed E-state index contributed by atoms with van der Waals surface area (Å²) in [7, 11) is 1.56. The molecule has 142 valence electrons. The Morgan fingerprint density at radius 3 is 2.93 bits per heavy atom. The molecule has 0 aliphatic rings. The Kier molecular flexibility index (Phi) is 6.15. The van der Waals surface area contributed by atoms with Crippen LogP contribution in [0.15, 0.2) is 44.5 Å². The Labute approximate surface area is 159 Å². The largest absolute Gasteiger partial charge is 0.383 e. The molecule has 8 nitrogen and oxygen atoms in total. The van der Waals surface area contributed by atoms with Crippen LogP contribution in [0.3, 0.4) is 0 Å². The van der Waals surface area contributed by atoms with Crippen LogP contribution in [-0.4, -0.2) is 40.9 Å². The third kappa shape index (κ3) is 4.32.